The first-order chi connectivity index (χ1) is 9.67. The molecular formula is C13H12FN3O3. The predicted molar refractivity (Wildman–Crippen MR) is 67.2 cm³/mol. The van der Waals surface area contributed by atoms with Crippen LogP contribution in [0.5, 0.6) is 0 Å². The van der Waals surface area contributed by atoms with Gasteiger partial charge in [-0.25, -0.2) is 4.39 Å². The molecule has 20 heavy (non-hydrogen) atoms. The zero-order valence-corrected chi connectivity index (χ0v) is 10.5. The molecule has 6 nitrogen and oxygen atoms in total. The first-order valence-electron chi connectivity index (χ1n) is 6.18. The topological polar surface area (TPSA) is 79.5 Å². The van der Waals surface area contributed by atoms with Crippen molar-refractivity contribution in [2.24, 2.45) is 5.92 Å². The second-order valence-electron chi connectivity index (χ2n) is 4.65. The van der Waals surface area contributed by atoms with Crippen molar-refractivity contribution in [1.29, 1.82) is 0 Å². The molecule has 1 unspecified atom stereocenters. The molecule has 0 aliphatic carbocycles. The van der Waals surface area contributed by atoms with Gasteiger partial charge < -0.3 is 9.52 Å². The van der Waals surface area contributed by atoms with Gasteiger partial charge in [-0.05, 0) is 24.3 Å². The van der Waals surface area contributed by atoms with Crippen molar-refractivity contribution < 1.29 is 18.7 Å². The standard InChI is InChI=1S/C13H12FN3O3/c14-10-3-1-9(2-4-10)12-15-16-13(20-12)17-6-8(7-18)5-11(17)19/h1-4,8,18H,5-7H2. The van der Waals surface area contributed by atoms with E-state index in [0.717, 1.165) is 0 Å². The van der Waals surface area contributed by atoms with E-state index in [2.05, 4.69) is 10.2 Å². The summed E-state index contributed by atoms with van der Waals surface area (Å²) in [4.78, 5) is 13.1. The molecule has 0 bridgehead atoms. The molecule has 1 fully saturated rings. The SMILES string of the molecule is O=C1CC(CO)CN1c1nnc(-c2ccc(F)cc2)o1. The average Bonchev–Trinajstić information content (AvgIpc) is 3.06. The van der Waals surface area contributed by atoms with Crippen LogP contribution in [-0.4, -0.2) is 34.4 Å². The van der Waals surface area contributed by atoms with Crippen molar-refractivity contribution in [1.82, 2.24) is 10.2 Å². The fourth-order valence-electron chi connectivity index (χ4n) is 2.12. The van der Waals surface area contributed by atoms with Crippen molar-refractivity contribution >= 4 is 11.9 Å². The van der Waals surface area contributed by atoms with Crippen LogP contribution in [0.25, 0.3) is 11.5 Å². The quantitative estimate of drug-likeness (QED) is 0.912. The Balaban J connectivity index is 1.83. The number of anilines is 1. The summed E-state index contributed by atoms with van der Waals surface area (Å²) in [5.74, 6) is -0.392. The lowest BCUT2D eigenvalue weighted by molar-refractivity contribution is -0.117. The van der Waals surface area contributed by atoms with Crippen molar-refractivity contribution in [3.05, 3.63) is 30.1 Å². The minimum atomic E-state index is -0.353. The largest absolute Gasteiger partial charge is 0.403 e. The Morgan fingerprint density at radius 2 is 2.10 bits per heavy atom. The van der Waals surface area contributed by atoms with E-state index in [1.54, 1.807) is 0 Å². The Labute approximate surface area is 113 Å². The lowest BCUT2D eigenvalue weighted by Crippen LogP contribution is -2.25. The highest BCUT2D eigenvalue weighted by Crippen LogP contribution is 2.27. The number of hydrogen-bond donors (Lipinski definition) is 1. The van der Waals surface area contributed by atoms with Gasteiger partial charge in [0.05, 0.1) is 0 Å². The second-order valence-corrected chi connectivity index (χ2v) is 4.65. The number of amides is 1. The monoisotopic (exact) mass is 277 g/mol. The summed E-state index contributed by atoms with van der Waals surface area (Å²) < 4.78 is 18.3. The molecule has 3 rings (SSSR count). The first kappa shape index (κ1) is 12.7. The van der Waals surface area contributed by atoms with E-state index in [1.165, 1.54) is 29.2 Å². The Bertz CT molecular complexity index is 626. The summed E-state index contributed by atoms with van der Waals surface area (Å²) in [5, 5.41) is 16.8. The Hall–Kier alpha value is -2.28. The van der Waals surface area contributed by atoms with E-state index < -0.39 is 0 Å². The highest BCUT2D eigenvalue weighted by molar-refractivity contribution is 5.93. The van der Waals surface area contributed by atoms with Gasteiger partial charge in [0, 0.05) is 31.1 Å². The van der Waals surface area contributed by atoms with E-state index >= 15 is 0 Å². The molecule has 0 saturated carbocycles. The number of carbonyl (C=O) groups excluding carboxylic acids is 1. The number of carbonyl (C=O) groups is 1. The summed E-state index contributed by atoms with van der Waals surface area (Å²) in [6.45, 7) is 0.307. The molecule has 0 radical (unpaired) electrons. The fraction of sp³-hybridized carbons (Fsp3) is 0.308. The maximum absolute atomic E-state index is 12.8. The van der Waals surface area contributed by atoms with Gasteiger partial charge >= 0.3 is 6.01 Å². The van der Waals surface area contributed by atoms with Crippen LogP contribution in [0, 0.1) is 11.7 Å². The summed E-state index contributed by atoms with van der Waals surface area (Å²) in [6, 6.07) is 5.73. The zero-order chi connectivity index (χ0) is 14.1. The number of halogens is 1. The maximum Gasteiger partial charge on any atom is 0.325 e. The molecule has 2 aromatic rings. The summed E-state index contributed by atoms with van der Waals surface area (Å²) in [7, 11) is 0. The van der Waals surface area contributed by atoms with E-state index in [-0.39, 0.29) is 42.6 Å². The number of aliphatic hydroxyl groups excluding tert-OH is 1. The Morgan fingerprint density at radius 1 is 1.35 bits per heavy atom. The van der Waals surface area contributed by atoms with Crippen molar-refractivity contribution in [2.45, 2.75) is 6.42 Å². The number of rotatable bonds is 3. The molecule has 1 N–H and O–H groups in total. The van der Waals surface area contributed by atoms with E-state index in [4.69, 9.17) is 9.52 Å². The van der Waals surface area contributed by atoms with Crippen molar-refractivity contribution in [3.63, 3.8) is 0 Å². The minimum absolute atomic E-state index is 0.0544. The van der Waals surface area contributed by atoms with E-state index in [9.17, 15) is 9.18 Å². The molecule has 7 heteroatoms. The van der Waals surface area contributed by atoms with Crippen LogP contribution in [0.3, 0.4) is 0 Å². The van der Waals surface area contributed by atoms with Gasteiger partial charge in [0.15, 0.2) is 0 Å². The van der Waals surface area contributed by atoms with Crippen LogP contribution < -0.4 is 4.90 Å². The molecule has 1 aliphatic heterocycles. The van der Waals surface area contributed by atoms with Gasteiger partial charge in [-0.3, -0.25) is 9.69 Å². The van der Waals surface area contributed by atoms with E-state index in [0.29, 0.717) is 12.1 Å². The molecule has 1 atom stereocenters. The van der Waals surface area contributed by atoms with Crippen LogP contribution >= 0.6 is 0 Å². The third-order valence-electron chi connectivity index (χ3n) is 3.20. The molecule has 1 aliphatic rings. The highest BCUT2D eigenvalue weighted by atomic mass is 19.1. The second kappa shape index (κ2) is 5.01. The maximum atomic E-state index is 12.8. The Kier molecular flexibility index (Phi) is 3.19. The molecule has 1 saturated heterocycles. The molecule has 2 heterocycles. The van der Waals surface area contributed by atoms with Crippen LogP contribution in [0.4, 0.5) is 10.4 Å². The average molecular weight is 277 g/mol. The number of benzene rings is 1. The smallest absolute Gasteiger partial charge is 0.325 e. The number of nitrogens with zero attached hydrogens (tertiary/aromatic N) is 3. The molecular weight excluding hydrogens is 265 g/mol. The molecule has 0 spiro atoms. The Morgan fingerprint density at radius 3 is 2.75 bits per heavy atom. The molecule has 1 aromatic heterocycles. The van der Waals surface area contributed by atoms with Gasteiger partial charge in [-0.15, -0.1) is 5.10 Å². The lowest BCUT2D eigenvalue weighted by Gasteiger charge is -2.09. The zero-order valence-electron chi connectivity index (χ0n) is 10.5. The first-order valence-corrected chi connectivity index (χ1v) is 6.18. The molecule has 1 amide bonds. The third-order valence-corrected chi connectivity index (χ3v) is 3.20. The molecule has 1 aromatic carbocycles. The van der Waals surface area contributed by atoms with Crippen LogP contribution in [0.2, 0.25) is 0 Å². The van der Waals surface area contributed by atoms with Crippen molar-refractivity contribution in [2.75, 3.05) is 18.1 Å². The highest BCUT2D eigenvalue weighted by Gasteiger charge is 2.33. The van der Waals surface area contributed by atoms with Gasteiger partial charge in [0.1, 0.15) is 5.82 Å². The lowest BCUT2D eigenvalue weighted by atomic mass is 10.1. The van der Waals surface area contributed by atoms with Crippen LogP contribution in [0.1, 0.15) is 6.42 Å². The number of aliphatic hydroxyl groups is 1. The number of hydrogen-bond acceptors (Lipinski definition) is 5. The normalized spacial score (nSPS) is 18.8. The van der Waals surface area contributed by atoms with Gasteiger partial charge in [-0.1, -0.05) is 5.10 Å². The van der Waals surface area contributed by atoms with Gasteiger partial charge in [0.25, 0.3) is 0 Å². The number of aromatic nitrogens is 2. The van der Waals surface area contributed by atoms with Gasteiger partial charge in [-0.2, -0.15) is 0 Å². The molecule has 104 valence electrons. The van der Waals surface area contributed by atoms with Crippen molar-refractivity contribution in [3.8, 4) is 11.5 Å². The fourth-order valence-corrected chi connectivity index (χ4v) is 2.12. The van der Waals surface area contributed by atoms with Gasteiger partial charge in [0.2, 0.25) is 11.8 Å². The summed E-state index contributed by atoms with van der Waals surface area (Å²) in [6.07, 6.45) is 0.269. The predicted octanol–water partition coefficient (Wildman–Crippen LogP) is 1.22. The van der Waals surface area contributed by atoms with Crippen LogP contribution in [-0.2, 0) is 4.79 Å². The summed E-state index contributed by atoms with van der Waals surface area (Å²) >= 11 is 0. The van der Waals surface area contributed by atoms with Crippen LogP contribution in [0.15, 0.2) is 28.7 Å². The third kappa shape index (κ3) is 2.27. The van der Waals surface area contributed by atoms with E-state index in [1.807, 2.05) is 0 Å². The summed E-state index contributed by atoms with van der Waals surface area (Å²) in [5.41, 5.74) is 0.579. The minimum Gasteiger partial charge on any atom is -0.403 e.